The minimum Gasteiger partial charge on any atom is -0.497 e. The topological polar surface area (TPSA) is 102 Å². The van der Waals surface area contributed by atoms with Crippen LogP contribution < -0.4 is 10.1 Å². The molecular weight excluding hydrogens is 420 g/mol. The molecule has 0 unspecified atom stereocenters. The lowest BCUT2D eigenvalue weighted by Gasteiger charge is -2.12. The van der Waals surface area contributed by atoms with Gasteiger partial charge in [0.05, 0.1) is 24.2 Å². The van der Waals surface area contributed by atoms with Gasteiger partial charge in [-0.25, -0.2) is 4.79 Å². The smallest absolute Gasteiger partial charge is 0.338 e. The van der Waals surface area contributed by atoms with Crippen LogP contribution in [0.5, 0.6) is 5.75 Å². The van der Waals surface area contributed by atoms with Crippen molar-refractivity contribution < 1.29 is 28.7 Å². The Kier molecular flexibility index (Phi) is 7.09. The Morgan fingerprint density at radius 1 is 1.06 bits per heavy atom. The van der Waals surface area contributed by atoms with Crippen molar-refractivity contribution in [3.05, 3.63) is 64.6 Å². The van der Waals surface area contributed by atoms with Crippen molar-refractivity contribution in [1.82, 2.24) is 4.90 Å². The Morgan fingerprint density at radius 3 is 2.35 bits per heavy atom. The second kappa shape index (κ2) is 9.94. The van der Waals surface area contributed by atoms with E-state index >= 15 is 0 Å². The van der Waals surface area contributed by atoms with Crippen molar-refractivity contribution in [2.45, 2.75) is 6.92 Å². The largest absolute Gasteiger partial charge is 0.497 e. The number of thioether (sulfide) groups is 1. The van der Waals surface area contributed by atoms with Crippen molar-refractivity contribution in [1.29, 1.82) is 0 Å². The molecule has 3 rings (SSSR count). The summed E-state index contributed by atoms with van der Waals surface area (Å²) in [7, 11) is 1.56. The van der Waals surface area contributed by atoms with Crippen LogP contribution in [0.15, 0.2) is 53.4 Å². The number of carbonyl (C=O) groups is 4. The van der Waals surface area contributed by atoms with Crippen LogP contribution in [0, 0.1) is 0 Å². The number of hydrogen-bond donors (Lipinski definition) is 1. The average molecular weight is 440 g/mol. The van der Waals surface area contributed by atoms with Crippen LogP contribution in [0.3, 0.4) is 0 Å². The van der Waals surface area contributed by atoms with Crippen molar-refractivity contribution in [3.63, 3.8) is 0 Å². The van der Waals surface area contributed by atoms with Crippen LogP contribution >= 0.6 is 11.8 Å². The third-order valence-corrected chi connectivity index (χ3v) is 5.18. The Labute approximate surface area is 183 Å². The molecule has 0 radical (unpaired) electrons. The molecule has 0 spiro atoms. The van der Waals surface area contributed by atoms with Gasteiger partial charge in [-0.1, -0.05) is 12.1 Å². The molecule has 160 valence electrons. The molecule has 9 heteroatoms. The minimum absolute atomic E-state index is 0.238. The van der Waals surface area contributed by atoms with Crippen molar-refractivity contribution in [3.8, 4) is 5.75 Å². The molecule has 31 heavy (non-hydrogen) atoms. The van der Waals surface area contributed by atoms with Crippen LogP contribution in [0.4, 0.5) is 10.5 Å². The normalized spacial score (nSPS) is 14.6. The van der Waals surface area contributed by atoms with Crippen molar-refractivity contribution in [2.75, 3.05) is 25.6 Å². The highest BCUT2D eigenvalue weighted by Gasteiger charge is 2.36. The molecule has 1 fully saturated rings. The van der Waals surface area contributed by atoms with E-state index in [2.05, 4.69) is 5.32 Å². The van der Waals surface area contributed by atoms with Gasteiger partial charge in [0.2, 0.25) is 5.91 Å². The second-order valence-corrected chi connectivity index (χ2v) is 7.38. The summed E-state index contributed by atoms with van der Waals surface area (Å²) in [5, 5.41) is 2.09. The van der Waals surface area contributed by atoms with Crippen LogP contribution in [0.1, 0.15) is 22.8 Å². The Morgan fingerprint density at radius 2 is 1.74 bits per heavy atom. The molecule has 0 atom stereocenters. The molecule has 0 saturated carbocycles. The maximum Gasteiger partial charge on any atom is 0.338 e. The van der Waals surface area contributed by atoms with E-state index in [0.29, 0.717) is 17.0 Å². The number of esters is 1. The lowest BCUT2D eigenvalue weighted by molar-refractivity contribution is -0.127. The monoisotopic (exact) mass is 440 g/mol. The van der Waals surface area contributed by atoms with E-state index in [1.807, 2.05) is 0 Å². The molecule has 1 saturated heterocycles. The average Bonchev–Trinajstić information content (AvgIpc) is 3.02. The summed E-state index contributed by atoms with van der Waals surface area (Å²) < 4.78 is 10.00. The van der Waals surface area contributed by atoms with Gasteiger partial charge in [-0.05, 0) is 66.7 Å². The fourth-order valence-corrected chi connectivity index (χ4v) is 3.57. The summed E-state index contributed by atoms with van der Waals surface area (Å²) in [4.78, 5) is 49.9. The highest BCUT2D eigenvalue weighted by molar-refractivity contribution is 8.18. The number of methoxy groups -OCH3 is 1. The Bertz CT molecular complexity index is 1030. The third-order valence-electron chi connectivity index (χ3n) is 4.27. The zero-order chi connectivity index (χ0) is 22.4. The zero-order valence-corrected chi connectivity index (χ0v) is 17.7. The van der Waals surface area contributed by atoms with E-state index in [0.717, 1.165) is 22.2 Å². The molecule has 1 aliphatic heterocycles. The van der Waals surface area contributed by atoms with E-state index in [1.165, 1.54) is 12.1 Å². The van der Waals surface area contributed by atoms with Gasteiger partial charge in [0.15, 0.2) is 0 Å². The van der Waals surface area contributed by atoms with Gasteiger partial charge in [-0.15, -0.1) is 0 Å². The number of ether oxygens (including phenoxy) is 2. The second-order valence-electron chi connectivity index (χ2n) is 6.39. The van der Waals surface area contributed by atoms with Crippen molar-refractivity contribution in [2.24, 2.45) is 0 Å². The Balaban J connectivity index is 1.62. The molecule has 3 amide bonds. The van der Waals surface area contributed by atoms with Gasteiger partial charge in [0.1, 0.15) is 12.3 Å². The van der Waals surface area contributed by atoms with E-state index < -0.39 is 29.6 Å². The van der Waals surface area contributed by atoms with Crippen LogP contribution in [-0.4, -0.2) is 48.2 Å². The van der Waals surface area contributed by atoms with E-state index in [4.69, 9.17) is 9.47 Å². The predicted molar refractivity (Wildman–Crippen MR) is 117 cm³/mol. The molecule has 2 aromatic rings. The standard InChI is InChI=1S/C22H20N2O6S/c1-3-30-21(27)15-6-8-16(9-7-15)23-19(25)13-24-20(26)18(31-22(24)28)12-14-4-10-17(29-2)11-5-14/h4-12H,3,13H2,1-2H3,(H,23,25)/b18-12-. The molecular formula is C22H20N2O6S. The SMILES string of the molecule is CCOC(=O)c1ccc(NC(=O)CN2C(=O)S/C(=C\c3ccc(OC)cc3)C2=O)cc1. The summed E-state index contributed by atoms with van der Waals surface area (Å²) in [5.74, 6) is -0.838. The lowest BCUT2D eigenvalue weighted by Crippen LogP contribution is -2.36. The van der Waals surface area contributed by atoms with Gasteiger partial charge in [0, 0.05) is 5.69 Å². The van der Waals surface area contributed by atoms with Crippen LogP contribution in [0.2, 0.25) is 0 Å². The first kappa shape index (κ1) is 22.1. The van der Waals surface area contributed by atoms with Gasteiger partial charge in [-0.3, -0.25) is 19.3 Å². The predicted octanol–water partition coefficient (Wildman–Crippen LogP) is 3.55. The molecule has 0 aromatic heterocycles. The molecule has 1 N–H and O–H groups in total. The number of anilines is 1. The number of benzene rings is 2. The first-order valence-corrected chi connectivity index (χ1v) is 10.2. The number of nitrogens with zero attached hydrogens (tertiary/aromatic N) is 1. The maximum absolute atomic E-state index is 12.6. The maximum atomic E-state index is 12.6. The number of rotatable bonds is 7. The van der Waals surface area contributed by atoms with E-state index in [1.54, 1.807) is 56.5 Å². The molecule has 0 bridgehead atoms. The van der Waals surface area contributed by atoms with Crippen LogP contribution in [0.25, 0.3) is 6.08 Å². The summed E-state index contributed by atoms with van der Waals surface area (Å²) in [6.45, 7) is 1.57. The van der Waals surface area contributed by atoms with Crippen LogP contribution in [-0.2, 0) is 14.3 Å². The zero-order valence-electron chi connectivity index (χ0n) is 16.9. The van der Waals surface area contributed by atoms with Gasteiger partial charge in [0.25, 0.3) is 11.1 Å². The summed E-state index contributed by atoms with van der Waals surface area (Å²) >= 11 is 0.781. The third kappa shape index (κ3) is 5.52. The number of hydrogen-bond acceptors (Lipinski definition) is 7. The number of carbonyl (C=O) groups excluding carboxylic acids is 4. The van der Waals surface area contributed by atoms with E-state index in [9.17, 15) is 19.2 Å². The highest BCUT2D eigenvalue weighted by Crippen LogP contribution is 2.32. The fourth-order valence-electron chi connectivity index (χ4n) is 2.74. The number of nitrogens with one attached hydrogen (secondary N) is 1. The molecule has 0 aliphatic carbocycles. The van der Waals surface area contributed by atoms with Gasteiger partial charge >= 0.3 is 5.97 Å². The van der Waals surface area contributed by atoms with Gasteiger partial charge < -0.3 is 14.8 Å². The van der Waals surface area contributed by atoms with Crippen molar-refractivity contribution >= 4 is 46.5 Å². The fraction of sp³-hybridized carbons (Fsp3) is 0.182. The highest BCUT2D eigenvalue weighted by atomic mass is 32.2. The lowest BCUT2D eigenvalue weighted by atomic mass is 10.2. The molecule has 8 nitrogen and oxygen atoms in total. The van der Waals surface area contributed by atoms with E-state index in [-0.39, 0.29) is 11.5 Å². The molecule has 1 heterocycles. The first-order valence-electron chi connectivity index (χ1n) is 9.37. The molecule has 1 aliphatic rings. The van der Waals surface area contributed by atoms with Gasteiger partial charge in [-0.2, -0.15) is 0 Å². The summed E-state index contributed by atoms with van der Waals surface area (Å²) in [5.41, 5.74) is 1.52. The Hall–Kier alpha value is -3.59. The molecule has 2 aromatic carbocycles. The summed E-state index contributed by atoms with van der Waals surface area (Å²) in [6.07, 6.45) is 1.59. The minimum atomic E-state index is -0.531. The number of amides is 3. The summed E-state index contributed by atoms with van der Waals surface area (Å²) in [6, 6.07) is 13.1. The number of imide groups is 1. The first-order chi connectivity index (χ1) is 14.9. The quantitative estimate of drug-likeness (QED) is 0.519.